The summed E-state index contributed by atoms with van der Waals surface area (Å²) in [5, 5.41) is 1.92. The van der Waals surface area contributed by atoms with Gasteiger partial charge in [0.25, 0.3) is 0 Å². The molecule has 108 valence electrons. The van der Waals surface area contributed by atoms with Gasteiger partial charge in [-0.3, -0.25) is 4.79 Å². The van der Waals surface area contributed by atoms with Gasteiger partial charge in [-0.25, -0.2) is 4.79 Å². The Labute approximate surface area is 126 Å². The van der Waals surface area contributed by atoms with E-state index in [1.165, 1.54) is 37.5 Å². The van der Waals surface area contributed by atoms with Crippen LogP contribution in [0.15, 0.2) is 41.8 Å². The van der Waals surface area contributed by atoms with Gasteiger partial charge in [0, 0.05) is 17.0 Å². The molecular weight excluding hydrogens is 288 g/mol. The highest BCUT2D eigenvalue weighted by Crippen LogP contribution is 2.25. The Kier molecular flexibility index (Phi) is 4.90. The molecule has 1 heterocycles. The lowest BCUT2D eigenvalue weighted by Crippen LogP contribution is -2.07. The molecule has 1 aromatic carbocycles. The molecule has 0 amide bonds. The fourth-order valence-corrected chi connectivity index (χ4v) is 2.30. The number of esters is 1. The van der Waals surface area contributed by atoms with Gasteiger partial charge in [0.15, 0.2) is 5.78 Å². The van der Waals surface area contributed by atoms with Crippen LogP contribution < -0.4 is 9.47 Å². The normalized spacial score (nSPS) is 10.6. The molecule has 0 saturated heterocycles. The van der Waals surface area contributed by atoms with Gasteiger partial charge in [-0.1, -0.05) is 6.07 Å². The number of ketones is 1. The number of hydrogen-bond acceptors (Lipinski definition) is 5. The lowest BCUT2D eigenvalue weighted by Gasteiger charge is -2.08. The smallest absolute Gasteiger partial charge is 0.336 e. The van der Waals surface area contributed by atoms with Crippen molar-refractivity contribution in [3.63, 3.8) is 0 Å². The number of carbonyl (C=O) groups is 2. The van der Waals surface area contributed by atoms with Gasteiger partial charge in [0.2, 0.25) is 0 Å². The molecule has 21 heavy (non-hydrogen) atoms. The highest BCUT2D eigenvalue weighted by atomic mass is 32.1. The van der Waals surface area contributed by atoms with Crippen molar-refractivity contribution < 1.29 is 19.1 Å². The monoisotopic (exact) mass is 302 g/mol. The van der Waals surface area contributed by atoms with Crippen molar-refractivity contribution in [1.82, 2.24) is 0 Å². The van der Waals surface area contributed by atoms with E-state index < -0.39 is 5.97 Å². The first-order valence-corrected chi connectivity index (χ1v) is 7.10. The third-order valence-corrected chi connectivity index (χ3v) is 3.54. The van der Waals surface area contributed by atoms with Crippen LogP contribution in [0.25, 0.3) is 6.08 Å². The number of hydrogen-bond donors (Lipinski definition) is 0. The van der Waals surface area contributed by atoms with Crippen molar-refractivity contribution in [3.8, 4) is 11.5 Å². The average Bonchev–Trinajstić information content (AvgIpc) is 2.98. The maximum absolute atomic E-state index is 11.8. The minimum atomic E-state index is -0.542. The molecular formula is C16H14O4S. The van der Waals surface area contributed by atoms with Crippen LogP contribution in [0.3, 0.4) is 0 Å². The van der Waals surface area contributed by atoms with Crippen LogP contribution in [0.1, 0.15) is 22.2 Å². The number of rotatable bonds is 5. The molecule has 0 atom stereocenters. The minimum Gasteiger partial charge on any atom is -0.497 e. The van der Waals surface area contributed by atoms with Gasteiger partial charge >= 0.3 is 5.97 Å². The number of Topliss-reactive ketones (excluding diaryl/α,β-unsaturated/α-hetero) is 1. The minimum absolute atomic E-state index is 0.178. The number of benzene rings is 1. The highest BCUT2D eigenvalue weighted by molar-refractivity contribution is 7.10. The fraction of sp³-hybridized carbons (Fsp3) is 0.125. The largest absolute Gasteiger partial charge is 0.497 e. The maximum Gasteiger partial charge on any atom is 0.336 e. The second-order valence-corrected chi connectivity index (χ2v) is 5.17. The molecule has 0 fully saturated rings. The standard InChI is InChI=1S/C16H14O4S/c1-11(17)14-7-5-12(19-2)10-15(14)20-16(18)8-6-13-4-3-9-21-13/h3-10H,1-2H3/b8-6+. The van der Waals surface area contributed by atoms with E-state index in [0.717, 1.165) is 4.88 Å². The van der Waals surface area contributed by atoms with Crippen molar-refractivity contribution in [1.29, 1.82) is 0 Å². The van der Waals surface area contributed by atoms with Crippen LogP contribution >= 0.6 is 11.3 Å². The van der Waals surface area contributed by atoms with Crippen molar-refractivity contribution in [2.45, 2.75) is 6.92 Å². The molecule has 0 radical (unpaired) electrons. The summed E-state index contributed by atoms with van der Waals surface area (Å²) in [7, 11) is 1.51. The van der Waals surface area contributed by atoms with E-state index in [-0.39, 0.29) is 11.5 Å². The van der Waals surface area contributed by atoms with Crippen LogP contribution in [-0.2, 0) is 4.79 Å². The van der Waals surface area contributed by atoms with Crippen LogP contribution in [0, 0.1) is 0 Å². The van der Waals surface area contributed by atoms with Gasteiger partial charge < -0.3 is 9.47 Å². The lowest BCUT2D eigenvalue weighted by atomic mass is 10.1. The van der Waals surface area contributed by atoms with Gasteiger partial charge in [-0.15, -0.1) is 11.3 Å². The Balaban J connectivity index is 2.17. The van der Waals surface area contributed by atoms with E-state index in [0.29, 0.717) is 11.3 Å². The predicted octanol–water partition coefficient (Wildman–Crippen LogP) is 3.58. The summed E-state index contributed by atoms with van der Waals surface area (Å²) in [5.41, 5.74) is 0.341. The van der Waals surface area contributed by atoms with E-state index in [9.17, 15) is 9.59 Å². The summed E-state index contributed by atoms with van der Waals surface area (Å²) in [5.74, 6) is -0.00504. The maximum atomic E-state index is 11.8. The quantitative estimate of drug-likeness (QED) is 0.367. The zero-order valence-electron chi connectivity index (χ0n) is 11.7. The second kappa shape index (κ2) is 6.85. The lowest BCUT2D eigenvalue weighted by molar-refractivity contribution is -0.128. The second-order valence-electron chi connectivity index (χ2n) is 4.19. The van der Waals surface area contributed by atoms with E-state index >= 15 is 0 Å². The number of thiophene rings is 1. The van der Waals surface area contributed by atoms with Gasteiger partial charge in [-0.05, 0) is 36.6 Å². The molecule has 0 aliphatic rings. The van der Waals surface area contributed by atoms with E-state index in [2.05, 4.69) is 0 Å². The van der Waals surface area contributed by atoms with Crippen LogP contribution in [0.4, 0.5) is 0 Å². The summed E-state index contributed by atoms with van der Waals surface area (Å²) >= 11 is 1.52. The molecule has 0 bridgehead atoms. The first kappa shape index (κ1) is 15.0. The third-order valence-electron chi connectivity index (χ3n) is 2.71. The molecule has 2 aromatic rings. The molecule has 4 nitrogen and oxygen atoms in total. The summed E-state index contributed by atoms with van der Waals surface area (Å²) in [4.78, 5) is 24.3. The molecule has 0 saturated carbocycles. The van der Waals surface area contributed by atoms with Crippen molar-refractivity contribution >= 4 is 29.2 Å². The van der Waals surface area contributed by atoms with Crippen LogP contribution in [-0.4, -0.2) is 18.9 Å². The van der Waals surface area contributed by atoms with Crippen LogP contribution in [0.2, 0.25) is 0 Å². The van der Waals surface area contributed by atoms with Crippen LogP contribution in [0.5, 0.6) is 11.5 Å². The first-order valence-electron chi connectivity index (χ1n) is 6.22. The Morgan fingerprint density at radius 2 is 2.05 bits per heavy atom. The zero-order valence-corrected chi connectivity index (χ0v) is 12.5. The first-order chi connectivity index (χ1) is 10.1. The van der Waals surface area contributed by atoms with Crippen molar-refractivity contribution in [2.75, 3.05) is 7.11 Å². The molecule has 0 N–H and O–H groups in total. The predicted molar refractivity (Wildman–Crippen MR) is 82.0 cm³/mol. The van der Waals surface area contributed by atoms with Crippen molar-refractivity contribution in [3.05, 3.63) is 52.2 Å². The third kappa shape index (κ3) is 4.03. The fourth-order valence-electron chi connectivity index (χ4n) is 1.68. The summed E-state index contributed by atoms with van der Waals surface area (Å²) in [6.45, 7) is 1.42. The Morgan fingerprint density at radius 1 is 1.24 bits per heavy atom. The van der Waals surface area contributed by atoms with Crippen molar-refractivity contribution in [2.24, 2.45) is 0 Å². The molecule has 5 heteroatoms. The van der Waals surface area contributed by atoms with E-state index in [4.69, 9.17) is 9.47 Å². The Morgan fingerprint density at radius 3 is 2.67 bits per heavy atom. The van der Waals surface area contributed by atoms with E-state index in [1.54, 1.807) is 18.2 Å². The zero-order chi connectivity index (χ0) is 15.2. The highest BCUT2D eigenvalue weighted by Gasteiger charge is 2.12. The SMILES string of the molecule is COc1ccc(C(C)=O)c(OC(=O)/C=C/c2cccs2)c1. The van der Waals surface area contributed by atoms with E-state index in [1.807, 2.05) is 17.5 Å². The number of carbonyl (C=O) groups excluding carboxylic acids is 2. The summed E-state index contributed by atoms with van der Waals surface area (Å²) in [6, 6.07) is 8.53. The number of ether oxygens (including phenoxy) is 2. The average molecular weight is 302 g/mol. The number of methoxy groups -OCH3 is 1. The topological polar surface area (TPSA) is 52.6 Å². The molecule has 0 unspecified atom stereocenters. The molecule has 0 aliphatic carbocycles. The summed E-state index contributed by atoms with van der Waals surface area (Å²) < 4.78 is 10.3. The molecule has 1 aromatic heterocycles. The summed E-state index contributed by atoms with van der Waals surface area (Å²) in [6.07, 6.45) is 3.00. The van der Waals surface area contributed by atoms with Gasteiger partial charge in [0.1, 0.15) is 11.5 Å². The molecule has 0 spiro atoms. The van der Waals surface area contributed by atoms with Gasteiger partial charge in [0.05, 0.1) is 12.7 Å². The molecule has 0 aliphatic heterocycles. The van der Waals surface area contributed by atoms with Gasteiger partial charge in [-0.2, -0.15) is 0 Å². The molecule has 2 rings (SSSR count). The Hall–Kier alpha value is -2.40. The Bertz CT molecular complexity index is 672.